The Labute approximate surface area is 184 Å². The highest BCUT2D eigenvalue weighted by Gasteiger charge is 2.38. The molecule has 0 bridgehead atoms. The average Bonchev–Trinajstić information content (AvgIpc) is 2.75. The van der Waals surface area contributed by atoms with Gasteiger partial charge in [-0.1, -0.05) is 42.0 Å². The minimum Gasteiger partial charge on any atom is -0.348 e. The fourth-order valence-corrected chi connectivity index (χ4v) is 3.68. The van der Waals surface area contributed by atoms with Crippen LogP contribution in [0.4, 0.5) is 30.7 Å². The van der Waals surface area contributed by atoms with Gasteiger partial charge in [0.25, 0.3) is 0 Å². The molecule has 174 valence electrons. The molecule has 33 heavy (non-hydrogen) atoms. The molecule has 0 spiro atoms. The molecule has 0 saturated carbocycles. The van der Waals surface area contributed by atoms with E-state index in [4.69, 9.17) is 9.47 Å². The quantitative estimate of drug-likeness (QED) is 0.382. The van der Waals surface area contributed by atoms with Gasteiger partial charge in [0.1, 0.15) is 17.2 Å². The smallest absolute Gasteiger partial charge is 0.348 e. The van der Waals surface area contributed by atoms with Gasteiger partial charge >= 0.3 is 6.18 Å². The summed E-state index contributed by atoms with van der Waals surface area (Å²) in [7, 11) is 0. The van der Waals surface area contributed by atoms with Crippen molar-refractivity contribution < 1.29 is 40.2 Å². The van der Waals surface area contributed by atoms with Gasteiger partial charge in [-0.25, -0.2) is 17.6 Å². The first-order valence-electron chi connectivity index (χ1n) is 9.90. The summed E-state index contributed by atoms with van der Waals surface area (Å²) in [5.41, 5.74) is -1.50. The third-order valence-corrected chi connectivity index (χ3v) is 5.45. The van der Waals surface area contributed by atoms with Crippen molar-refractivity contribution in [3.8, 4) is 11.1 Å². The molecule has 0 amide bonds. The standard InChI is InChI=1S/C24H17F7O2/c1-12-2-4-13(5-3-12)15-10-32-23(33-11-15)17-7-6-16(21(27)22(17)28)14-8-18(25)20(19(26)9-14)24(29,30)31/h2-9,15,23H,10-11H2,1H3. The molecule has 1 aliphatic rings. The average molecular weight is 470 g/mol. The van der Waals surface area contributed by atoms with E-state index in [-0.39, 0.29) is 24.7 Å². The van der Waals surface area contributed by atoms with Gasteiger partial charge in [0.2, 0.25) is 0 Å². The van der Waals surface area contributed by atoms with E-state index in [0.29, 0.717) is 12.1 Å². The Hall–Kier alpha value is -2.91. The number of halogens is 7. The Morgan fingerprint density at radius 1 is 0.788 bits per heavy atom. The monoisotopic (exact) mass is 470 g/mol. The minimum absolute atomic E-state index is 0.105. The molecular weight excluding hydrogens is 453 g/mol. The highest BCUT2D eigenvalue weighted by Crippen LogP contribution is 2.38. The van der Waals surface area contributed by atoms with Crippen molar-refractivity contribution >= 4 is 0 Å². The van der Waals surface area contributed by atoms with E-state index in [1.807, 2.05) is 31.2 Å². The highest BCUT2D eigenvalue weighted by atomic mass is 19.4. The molecule has 1 heterocycles. The molecule has 1 saturated heterocycles. The summed E-state index contributed by atoms with van der Waals surface area (Å²) >= 11 is 0. The summed E-state index contributed by atoms with van der Waals surface area (Å²) in [6.07, 6.45) is -6.48. The second-order valence-electron chi connectivity index (χ2n) is 7.75. The van der Waals surface area contributed by atoms with E-state index in [9.17, 15) is 30.7 Å². The van der Waals surface area contributed by atoms with E-state index in [1.54, 1.807) is 0 Å². The first-order valence-corrected chi connectivity index (χ1v) is 9.90. The molecule has 0 aromatic heterocycles. The van der Waals surface area contributed by atoms with Crippen molar-refractivity contribution in [1.82, 2.24) is 0 Å². The zero-order valence-electron chi connectivity index (χ0n) is 17.1. The maximum Gasteiger partial charge on any atom is 0.422 e. The van der Waals surface area contributed by atoms with E-state index in [2.05, 4.69) is 0 Å². The molecule has 2 nitrogen and oxygen atoms in total. The number of ether oxygens (including phenoxy) is 2. The summed E-state index contributed by atoms with van der Waals surface area (Å²) in [6, 6.07) is 10.4. The van der Waals surface area contributed by atoms with Gasteiger partial charge in [-0.15, -0.1) is 0 Å². The summed E-state index contributed by atoms with van der Waals surface area (Å²) in [5.74, 6) is -6.83. The Morgan fingerprint density at radius 3 is 1.91 bits per heavy atom. The van der Waals surface area contributed by atoms with Gasteiger partial charge in [-0.3, -0.25) is 0 Å². The molecule has 0 unspecified atom stereocenters. The van der Waals surface area contributed by atoms with E-state index in [1.165, 1.54) is 0 Å². The van der Waals surface area contributed by atoms with E-state index >= 15 is 0 Å². The number of hydrogen-bond donors (Lipinski definition) is 0. The van der Waals surface area contributed by atoms with Crippen molar-refractivity contribution in [2.45, 2.75) is 25.3 Å². The Morgan fingerprint density at radius 2 is 1.36 bits per heavy atom. The lowest BCUT2D eigenvalue weighted by atomic mass is 9.98. The summed E-state index contributed by atoms with van der Waals surface area (Å²) in [4.78, 5) is 0. The molecule has 9 heteroatoms. The normalized spacial score (nSPS) is 19.0. The van der Waals surface area contributed by atoms with Crippen LogP contribution in [0.2, 0.25) is 0 Å². The van der Waals surface area contributed by atoms with Gasteiger partial charge in [-0.05, 0) is 30.2 Å². The third kappa shape index (κ3) is 4.60. The van der Waals surface area contributed by atoms with Crippen LogP contribution in [0.1, 0.15) is 34.5 Å². The van der Waals surface area contributed by atoms with Gasteiger partial charge in [0, 0.05) is 17.0 Å². The van der Waals surface area contributed by atoms with E-state index < -0.39 is 52.4 Å². The van der Waals surface area contributed by atoms with Crippen LogP contribution in [0, 0.1) is 30.2 Å². The lowest BCUT2D eigenvalue weighted by molar-refractivity contribution is -0.193. The molecule has 1 aliphatic heterocycles. The van der Waals surface area contributed by atoms with Crippen molar-refractivity contribution in [2.24, 2.45) is 0 Å². The zero-order valence-corrected chi connectivity index (χ0v) is 17.1. The second kappa shape index (κ2) is 8.79. The Balaban J connectivity index is 1.57. The van der Waals surface area contributed by atoms with Gasteiger partial charge in [0.05, 0.1) is 13.2 Å². The van der Waals surface area contributed by atoms with Crippen LogP contribution in [-0.2, 0) is 15.7 Å². The SMILES string of the molecule is Cc1ccc(C2COC(c3ccc(-c4cc(F)c(C(F)(F)F)c(F)c4)c(F)c3F)OC2)cc1. The van der Waals surface area contributed by atoms with Crippen molar-refractivity contribution in [3.63, 3.8) is 0 Å². The van der Waals surface area contributed by atoms with Gasteiger partial charge in [0.15, 0.2) is 17.9 Å². The lowest BCUT2D eigenvalue weighted by Gasteiger charge is -2.30. The van der Waals surface area contributed by atoms with E-state index in [0.717, 1.165) is 23.3 Å². The first kappa shape index (κ1) is 23.3. The Bertz CT molecular complexity index is 1140. The van der Waals surface area contributed by atoms with Crippen molar-refractivity contribution in [2.75, 3.05) is 13.2 Å². The van der Waals surface area contributed by atoms with Crippen LogP contribution in [-0.4, -0.2) is 13.2 Å². The third-order valence-electron chi connectivity index (χ3n) is 5.45. The van der Waals surface area contributed by atoms with Gasteiger partial charge < -0.3 is 9.47 Å². The first-order chi connectivity index (χ1) is 15.6. The highest BCUT2D eigenvalue weighted by molar-refractivity contribution is 5.65. The number of aryl methyl sites for hydroxylation is 1. The van der Waals surface area contributed by atoms with Crippen LogP contribution in [0.3, 0.4) is 0 Å². The number of alkyl halides is 3. The fraction of sp³-hybridized carbons (Fsp3) is 0.250. The van der Waals surface area contributed by atoms with Crippen LogP contribution >= 0.6 is 0 Å². The molecule has 0 N–H and O–H groups in total. The van der Waals surface area contributed by atoms with Crippen LogP contribution in [0.5, 0.6) is 0 Å². The van der Waals surface area contributed by atoms with Crippen molar-refractivity contribution in [3.05, 3.63) is 94.1 Å². The lowest BCUT2D eigenvalue weighted by Crippen LogP contribution is -2.26. The van der Waals surface area contributed by atoms with Crippen molar-refractivity contribution in [1.29, 1.82) is 0 Å². The number of hydrogen-bond acceptors (Lipinski definition) is 2. The van der Waals surface area contributed by atoms with Gasteiger partial charge in [-0.2, -0.15) is 13.2 Å². The molecule has 4 rings (SSSR count). The van der Waals surface area contributed by atoms with Crippen LogP contribution in [0.15, 0.2) is 48.5 Å². The fourth-order valence-electron chi connectivity index (χ4n) is 3.68. The van der Waals surface area contributed by atoms with Crippen LogP contribution in [0.25, 0.3) is 11.1 Å². The number of benzene rings is 3. The molecule has 0 radical (unpaired) electrons. The summed E-state index contributed by atoms with van der Waals surface area (Å²) < 4.78 is 107. The second-order valence-corrected chi connectivity index (χ2v) is 7.75. The summed E-state index contributed by atoms with van der Waals surface area (Å²) in [5, 5.41) is 0. The van der Waals surface area contributed by atoms with Crippen LogP contribution < -0.4 is 0 Å². The number of rotatable bonds is 3. The molecule has 3 aromatic rings. The molecular formula is C24H17F7O2. The minimum atomic E-state index is -5.27. The molecule has 0 aliphatic carbocycles. The topological polar surface area (TPSA) is 18.5 Å². The maximum atomic E-state index is 14.8. The maximum absolute atomic E-state index is 14.8. The predicted octanol–water partition coefficient (Wildman–Crippen LogP) is 7.07. The summed E-state index contributed by atoms with van der Waals surface area (Å²) in [6.45, 7) is 2.32. The largest absolute Gasteiger partial charge is 0.422 e. The Kier molecular flexibility index (Phi) is 6.20. The molecule has 1 fully saturated rings. The zero-order chi connectivity index (χ0) is 23.9. The molecule has 3 aromatic carbocycles. The predicted molar refractivity (Wildman–Crippen MR) is 105 cm³/mol. The molecule has 0 atom stereocenters.